The number of hydrogen-bond acceptors (Lipinski definition) is 3. The lowest BCUT2D eigenvalue weighted by Crippen LogP contribution is -2.60. The first-order valence-electron chi connectivity index (χ1n) is 8.89. The molecule has 1 saturated heterocycles. The molecular formula is C17H33N3. The maximum absolute atomic E-state index is 6.25. The minimum absolute atomic E-state index is 0.330. The molecular weight excluding hydrogens is 246 g/mol. The van der Waals surface area contributed by atoms with Gasteiger partial charge in [-0.05, 0) is 43.9 Å². The van der Waals surface area contributed by atoms with E-state index in [4.69, 9.17) is 5.73 Å². The van der Waals surface area contributed by atoms with Gasteiger partial charge in [0.25, 0.3) is 0 Å². The Morgan fingerprint density at radius 3 is 2.40 bits per heavy atom. The fraction of sp³-hybridized carbons (Fsp3) is 1.00. The van der Waals surface area contributed by atoms with Crippen LogP contribution in [0.15, 0.2) is 0 Å². The van der Waals surface area contributed by atoms with Crippen molar-refractivity contribution < 1.29 is 0 Å². The molecule has 3 fully saturated rings. The molecule has 0 aromatic heterocycles. The molecule has 2 N–H and O–H groups in total. The predicted octanol–water partition coefficient (Wildman–Crippen LogP) is 2.31. The van der Waals surface area contributed by atoms with Gasteiger partial charge in [-0.3, -0.25) is 4.90 Å². The highest BCUT2D eigenvalue weighted by Gasteiger charge is 2.38. The molecule has 1 aliphatic heterocycles. The van der Waals surface area contributed by atoms with Gasteiger partial charge < -0.3 is 10.6 Å². The minimum Gasteiger partial charge on any atom is -0.329 e. The molecule has 2 atom stereocenters. The second-order valence-corrected chi connectivity index (χ2v) is 7.70. The Bertz CT molecular complexity index is 307. The van der Waals surface area contributed by atoms with E-state index in [0.717, 1.165) is 18.4 Å². The van der Waals surface area contributed by atoms with Crippen LogP contribution in [-0.2, 0) is 0 Å². The van der Waals surface area contributed by atoms with Crippen molar-refractivity contribution in [2.75, 3.05) is 39.3 Å². The molecule has 3 rings (SSSR count). The van der Waals surface area contributed by atoms with Crippen LogP contribution >= 0.6 is 0 Å². The SMILES string of the molecule is CC1CCCC(CN)(N2CCN(CC3CC3)CC2)CC1. The summed E-state index contributed by atoms with van der Waals surface area (Å²) in [5, 5.41) is 0. The summed E-state index contributed by atoms with van der Waals surface area (Å²) in [7, 11) is 0. The fourth-order valence-corrected chi connectivity index (χ4v) is 4.28. The fourth-order valence-electron chi connectivity index (χ4n) is 4.28. The van der Waals surface area contributed by atoms with E-state index in [1.54, 1.807) is 0 Å². The monoisotopic (exact) mass is 279 g/mol. The maximum Gasteiger partial charge on any atom is 0.0332 e. The number of nitrogens with zero attached hydrogens (tertiary/aromatic N) is 2. The van der Waals surface area contributed by atoms with Crippen LogP contribution in [0.4, 0.5) is 0 Å². The summed E-state index contributed by atoms with van der Waals surface area (Å²) in [5.41, 5.74) is 6.58. The molecule has 0 spiro atoms. The third-order valence-electron chi connectivity index (χ3n) is 6.08. The summed E-state index contributed by atoms with van der Waals surface area (Å²) < 4.78 is 0. The highest BCUT2D eigenvalue weighted by Crippen LogP contribution is 2.35. The Balaban J connectivity index is 1.56. The molecule has 3 aliphatic rings. The molecule has 0 amide bonds. The van der Waals surface area contributed by atoms with Crippen LogP contribution in [0.25, 0.3) is 0 Å². The highest BCUT2D eigenvalue weighted by atomic mass is 15.3. The molecule has 2 saturated carbocycles. The van der Waals surface area contributed by atoms with Crippen molar-refractivity contribution >= 4 is 0 Å². The number of rotatable bonds is 4. The van der Waals surface area contributed by atoms with Gasteiger partial charge in [0, 0.05) is 44.8 Å². The van der Waals surface area contributed by atoms with Crippen LogP contribution < -0.4 is 5.73 Å². The van der Waals surface area contributed by atoms with E-state index >= 15 is 0 Å². The number of nitrogens with two attached hydrogens (primary N) is 1. The summed E-state index contributed by atoms with van der Waals surface area (Å²) >= 11 is 0. The average Bonchev–Trinajstić information content (AvgIpc) is 3.28. The van der Waals surface area contributed by atoms with Crippen LogP contribution in [0.2, 0.25) is 0 Å². The van der Waals surface area contributed by atoms with Crippen molar-refractivity contribution in [2.24, 2.45) is 17.6 Å². The minimum atomic E-state index is 0.330. The predicted molar refractivity (Wildman–Crippen MR) is 84.8 cm³/mol. The van der Waals surface area contributed by atoms with Gasteiger partial charge in [-0.25, -0.2) is 0 Å². The van der Waals surface area contributed by atoms with Gasteiger partial charge in [0.05, 0.1) is 0 Å². The number of piperazine rings is 1. The smallest absolute Gasteiger partial charge is 0.0332 e. The van der Waals surface area contributed by atoms with Gasteiger partial charge in [0.1, 0.15) is 0 Å². The lowest BCUT2D eigenvalue weighted by atomic mass is 9.87. The largest absolute Gasteiger partial charge is 0.329 e. The molecule has 3 nitrogen and oxygen atoms in total. The Hall–Kier alpha value is -0.120. The van der Waals surface area contributed by atoms with Crippen LogP contribution in [0, 0.1) is 11.8 Å². The first kappa shape index (κ1) is 14.8. The molecule has 20 heavy (non-hydrogen) atoms. The molecule has 0 radical (unpaired) electrons. The molecule has 116 valence electrons. The Morgan fingerprint density at radius 1 is 1.00 bits per heavy atom. The zero-order valence-corrected chi connectivity index (χ0v) is 13.3. The summed E-state index contributed by atoms with van der Waals surface area (Å²) in [4.78, 5) is 5.45. The quantitative estimate of drug-likeness (QED) is 0.802. The van der Waals surface area contributed by atoms with Gasteiger partial charge >= 0.3 is 0 Å². The van der Waals surface area contributed by atoms with Gasteiger partial charge in [0.15, 0.2) is 0 Å². The Kier molecular flexibility index (Phi) is 4.68. The second kappa shape index (κ2) is 6.33. The molecule has 3 heteroatoms. The summed E-state index contributed by atoms with van der Waals surface area (Å²) in [5.74, 6) is 1.93. The van der Waals surface area contributed by atoms with Crippen molar-refractivity contribution in [3.05, 3.63) is 0 Å². The molecule has 2 aliphatic carbocycles. The third-order valence-corrected chi connectivity index (χ3v) is 6.08. The first-order valence-corrected chi connectivity index (χ1v) is 8.89. The lowest BCUT2D eigenvalue weighted by molar-refractivity contribution is 0.0245. The molecule has 0 aromatic carbocycles. The molecule has 0 bridgehead atoms. The van der Waals surface area contributed by atoms with E-state index in [-0.39, 0.29) is 0 Å². The molecule has 2 unspecified atom stereocenters. The van der Waals surface area contributed by atoms with Gasteiger partial charge in [-0.15, -0.1) is 0 Å². The van der Waals surface area contributed by atoms with E-state index in [1.165, 1.54) is 77.7 Å². The topological polar surface area (TPSA) is 32.5 Å². The zero-order chi connectivity index (χ0) is 14.0. The van der Waals surface area contributed by atoms with Crippen molar-refractivity contribution in [3.63, 3.8) is 0 Å². The summed E-state index contributed by atoms with van der Waals surface area (Å²) in [6.45, 7) is 9.68. The second-order valence-electron chi connectivity index (χ2n) is 7.70. The van der Waals surface area contributed by atoms with Crippen LogP contribution in [0.3, 0.4) is 0 Å². The van der Waals surface area contributed by atoms with Gasteiger partial charge in [-0.2, -0.15) is 0 Å². The highest BCUT2D eigenvalue weighted by molar-refractivity contribution is 4.96. The molecule has 1 heterocycles. The Morgan fingerprint density at radius 2 is 1.75 bits per heavy atom. The van der Waals surface area contributed by atoms with Crippen LogP contribution in [0.5, 0.6) is 0 Å². The van der Waals surface area contributed by atoms with Gasteiger partial charge in [-0.1, -0.05) is 19.8 Å². The van der Waals surface area contributed by atoms with E-state index in [2.05, 4.69) is 16.7 Å². The van der Waals surface area contributed by atoms with E-state index in [0.29, 0.717) is 5.54 Å². The van der Waals surface area contributed by atoms with E-state index < -0.39 is 0 Å². The standard InChI is InChI=1S/C17H33N3/c1-15-3-2-7-17(14-18,8-6-15)20-11-9-19(10-12-20)13-16-4-5-16/h15-16H,2-14,18H2,1H3. The lowest BCUT2D eigenvalue weighted by Gasteiger charge is -2.47. The Labute approximate surface area is 124 Å². The summed E-state index contributed by atoms with van der Waals surface area (Å²) in [6, 6.07) is 0. The zero-order valence-electron chi connectivity index (χ0n) is 13.3. The normalized spacial score (nSPS) is 37.8. The maximum atomic E-state index is 6.25. The van der Waals surface area contributed by atoms with E-state index in [1.807, 2.05) is 0 Å². The van der Waals surface area contributed by atoms with Crippen molar-refractivity contribution in [1.82, 2.24) is 9.80 Å². The average molecular weight is 279 g/mol. The third kappa shape index (κ3) is 3.37. The van der Waals surface area contributed by atoms with Crippen molar-refractivity contribution in [3.8, 4) is 0 Å². The van der Waals surface area contributed by atoms with Crippen molar-refractivity contribution in [1.29, 1.82) is 0 Å². The molecule has 0 aromatic rings. The van der Waals surface area contributed by atoms with Gasteiger partial charge in [0.2, 0.25) is 0 Å². The van der Waals surface area contributed by atoms with Crippen molar-refractivity contribution in [2.45, 2.75) is 57.4 Å². The van der Waals surface area contributed by atoms with Crippen LogP contribution in [0.1, 0.15) is 51.9 Å². The van der Waals surface area contributed by atoms with Crippen LogP contribution in [-0.4, -0.2) is 54.6 Å². The van der Waals surface area contributed by atoms with E-state index in [9.17, 15) is 0 Å². The number of hydrogen-bond donors (Lipinski definition) is 1. The first-order chi connectivity index (χ1) is 9.72. The summed E-state index contributed by atoms with van der Waals surface area (Å²) in [6.07, 6.45) is 9.77.